The molecule has 0 N–H and O–H groups in total. The molecule has 3 nitrogen and oxygen atoms in total. The molecule has 8 rings (SSSR count). The van der Waals surface area contributed by atoms with E-state index < -0.39 is 0 Å². The van der Waals surface area contributed by atoms with E-state index in [0.717, 1.165) is 27.5 Å². The summed E-state index contributed by atoms with van der Waals surface area (Å²) in [6.07, 6.45) is 1.94. The molecule has 182 valence electrons. The van der Waals surface area contributed by atoms with E-state index in [9.17, 15) is 0 Å². The number of rotatable bonds is 3. The molecule has 2 aromatic heterocycles. The third-order valence-electron chi connectivity index (χ3n) is 7.61. The first-order valence-corrected chi connectivity index (χ1v) is 13.2. The molecule has 0 aliphatic heterocycles. The van der Waals surface area contributed by atoms with Crippen LogP contribution in [0.25, 0.3) is 71.7 Å². The Morgan fingerprint density at radius 1 is 0.436 bits per heavy atom. The van der Waals surface area contributed by atoms with Gasteiger partial charge >= 0.3 is 0 Å². The molecule has 2 heterocycles. The molecule has 6 aromatic carbocycles. The minimum absolute atomic E-state index is 0.682. The van der Waals surface area contributed by atoms with Gasteiger partial charge in [-0.1, -0.05) is 97.1 Å². The van der Waals surface area contributed by atoms with Crippen LogP contribution in [-0.4, -0.2) is 14.5 Å². The zero-order valence-corrected chi connectivity index (χ0v) is 21.1. The van der Waals surface area contributed by atoms with Gasteiger partial charge in [-0.05, 0) is 69.4 Å². The fourth-order valence-electron chi connectivity index (χ4n) is 5.68. The smallest absolute Gasteiger partial charge is 0.235 e. The number of benzene rings is 6. The Labute approximate surface area is 225 Å². The molecule has 0 atom stereocenters. The monoisotopic (exact) mass is 497 g/mol. The van der Waals surface area contributed by atoms with Crippen molar-refractivity contribution in [1.82, 2.24) is 14.5 Å². The lowest BCUT2D eigenvalue weighted by Gasteiger charge is -2.09. The Morgan fingerprint density at radius 2 is 1.10 bits per heavy atom. The van der Waals surface area contributed by atoms with Crippen molar-refractivity contribution in [3.05, 3.63) is 140 Å². The second kappa shape index (κ2) is 8.64. The van der Waals surface area contributed by atoms with Gasteiger partial charge in [0.1, 0.15) is 0 Å². The Balaban J connectivity index is 1.32. The summed E-state index contributed by atoms with van der Waals surface area (Å²) in [5.74, 6) is 0.682. The highest BCUT2D eigenvalue weighted by Gasteiger charge is 2.16. The zero-order chi connectivity index (χ0) is 25.8. The number of hydrogen-bond acceptors (Lipinski definition) is 2. The van der Waals surface area contributed by atoms with Gasteiger partial charge in [0.05, 0.1) is 16.6 Å². The molecule has 3 heteroatoms. The van der Waals surface area contributed by atoms with E-state index in [4.69, 9.17) is 9.97 Å². The summed E-state index contributed by atoms with van der Waals surface area (Å²) in [5.41, 5.74) is 7.94. The number of fused-ring (bicyclic) bond motifs is 5. The van der Waals surface area contributed by atoms with Crippen molar-refractivity contribution in [2.45, 2.75) is 0 Å². The molecule has 0 amide bonds. The Hall–Kier alpha value is -5.28. The Morgan fingerprint density at radius 3 is 1.87 bits per heavy atom. The molecule has 0 radical (unpaired) electrons. The maximum Gasteiger partial charge on any atom is 0.235 e. The summed E-state index contributed by atoms with van der Waals surface area (Å²) in [7, 11) is 0. The lowest BCUT2D eigenvalue weighted by Crippen LogP contribution is -2.01. The van der Waals surface area contributed by atoms with Crippen LogP contribution in [0.15, 0.2) is 140 Å². The van der Waals surface area contributed by atoms with Crippen molar-refractivity contribution in [3.63, 3.8) is 0 Å². The standard InChI is InChI=1S/C36H23N3/c1-3-9-24(10-4-1)26-15-16-28-22-35-32(21-29(28)19-26)31-13-7-8-14-34(31)39(35)36-37-23-30-20-27(17-18-33(30)38-36)25-11-5-2-6-12-25/h1-23H. The second-order valence-corrected chi connectivity index (χ2v) is 9.96. The fourth-order valence-corrected chi connectivity index (χ4v) is 5.68. The summed E-state index contributed by atoms with van der Waals surface area (Å²) in [6, 6.07) is 47.2. The van der Waals surface area contributed by atoms with Crippen molar-refractivity contribution < 1.29 is 0 Å². The van der Waals surface area contributed by atoms with E-state index >= 15 is 0 Å². The van der Waals surface area contributed by atoms with Crippen LogP contribution in [0.2, 0.25) is 0 Å². The van der Waals surface area contributed by atoms with Crippen molar-refractivity contribution in [3.8, 4) is 28.2 Å². The molecule has 0 unspecified atom stereocenters. The number of hydrogen-bond donors (Lipinski definition) is 0. The largest absolute Gasteiger partial charge is 0.278 e. The summed E-state index contributed by atoms with van der Waals surface area (Å²) in [5, 5.41) is 5.84. The minimum atomic E-state index is 0.682. The molecule has 8 aromatic rings. The van der Waals surface area contributed by atoms with Gasteiger partial charge in [-0.3, -0.25) is 4.57 Å². The average Bonchev–Trinajstić information content (AvgIpc) is 3.33. The molecule has 0 fully saturated rings. The Bertz CT molecular complexity index is 2160. The summed E-state index contributed by atoms with van der Waals surface area (Å²) in [4.78, 5) is 9.91. The first kappa shape index (κ1) is 21.8. The van der Waals surface area contributed by atoms with Gasteiger partial charge in [0.15, 0.2) is 0 Å². The van der Waals surface area contributed by atoms with Crippen LogP contribution in [-0.2, 0) is 0 Å². The van der Waals surface area contributed by atoms with E-state index in [1.54, 1.807) is 0 Å². The molecule has 0 saturated heterocycles. The van der Waals surface area contributed by atoms with Crippen molar-refractivity contribution in [2.75, 3.05) is 0 Å². The van der Waals surface area contributed by atoms with E-state index in [2.05, 4.69) is 132 Å². The van der Waals surface area contributed by atoms with Crippen molar-refractivity contribution in [1.29, 1.82) is 0 Å². The molecule has 0 spiro atoms. The molecular weight excluding hydrogens is 474 g/mol. The number of aromatic nitrogens is 3. The third kappa shape index (κ3) is 3.59. The molecule has 39 heavy (non-hydrogen) atoms. The quantitative estimate of drug-likeness (QED) is 0.244. The number of nitrogens with zero attached hydrogens (tertiary/aromatic N) is 3. The van der Waals surface area contributed by atoms with Crippen LogP contribution in [0.4, 0.5) is 0 Å². The van der Waals surface area contributed by atoms with Gasteiger partial charge in [0.25, 0.3) is 0 Å². The van der Waals surface area contributed by atoms with Crippen molar-refractivity contribution >= 4 is 43.5 Å². The predicted molar refractivity (Wildman–Crippen MR) is 162 cm³/mol. The summed E-state index contributed by atoms with van der Waals surface area (Å²) < 4.78 is 2.19. The maximum atomic E-state index is 5.04. The topological polar surface area (TPSA) is 30.7 Å². The summed E-state index contributed by atoms with van der Waals surface area (Å²) >= 11 is 0. The maximum absolute atomic E-state index is 5.04. The lowest BCUT2D eigenvalue weighted by atomic mass is 10.00. The van der Waals surface area contributed by atoms with E-state index in [1.165, 1.54) is 38.2 Å². The normalized spacial score (nSPS) is 11.6. The average molecular weight is 498 g/mol. The highest BCUT2D eigenvalue weighted by atomic mass is 15.2. The van der Waals surface area contributed by atoms with Gasteiger partial charge < -0.3 is 0 Å². The van der Waals surface area contributed by atoms with Gasteiger partial charge in [0, 0.05) is 22.4 Å². The minimum Gasteiger partial charge on any atom is -0.278 e. The SMILES string of the molecule is c1ccc(-c2ccc3cc4c(cc3c2)c2ccccc2n4-c2ncc3cc(-c4ccccc4)ccc3n2)cc1. The highest BCUT2D eigenvalue weighted by Crippen LogP contribution is 2.35. The van der Waals surface area contributed by atoms with Crippen LogP contribution in [0.5, 0.6) is 0 Å². The van der Waals surface area contributed by atoms with Gasteiger partial charge in [-0.15, -0.1) is 0 Å². The number of para-hydroxylation sites is 1. The van der Waals surface area contributed by atoms with E-state index in [0.29, 0.717) is 5.95 Å². The van der Waals surface area contributed by atoms with Gasteiger partial charge in [0.2, 0.25) is 5.95 Å². The predicted octanol–water partition coefficient (Wildman–Crippen LogP) is 9.21. The fraction of sp³-hybridized carbons (Fsp3) is 0. The van der Waals surface area contributed by atoms with Crippen LogP contribution in [0.1, 0.15) is 0 Å². The van der Waals surface area contributed by atoms with Crippen LogP contribution in [0.3, 0.4) is 0 Å². The van der Waals surface area contributed by atoms with Gasteiger partial charge in [-0.2, -0.15) is 0 Å². The van der Waals surface area contributed by atoms with Crippen LogP contribution >= 0.6 is 0 Å². The van der Waals surface area contributed by atoms with Crippen LogP contribution < -0.4 is 0 Å². The second-order valence-electron chi connectivity index (χ2n) is 9.96. The van der Waals surface area contributed by atoms with Crippen molar-refractivity contribution in [2.24, 2.45) is 0 Å². The molecule has 0 saturated carbocycles. The molecule has 0 bridgehead atoms. The first-order chi connectivity index (χ1) is 19.3. The highest BCUT2D eigenvalue weighted by molar-refractivity contribution is 6.13. The first-order valence-electron chi connectivity index (χ1n) is 13.2. The molecule has 0 aliphatic carbocycles. The van der Waals surface area contributed by atoms with Gasteiger partial charge in [-0.25, -0.2) is 9.97 Å². The van der Waals surface area contributed by atoms with E-state index in [1.807, 2.05) is 12.3 Å². The molecular formula is C36H23N3. The lowest BCUT2D eigenvalue weighted by molar-refractivity contribution is 1.01. The molecule has 0 aliphatic rings. The zero-order valence-electron chi connectivity index (χ0n) is 21.1. The van der Waals surface area contributed by atoms with Crippen LogP contribution in [0, 0.1) is 0 Å². The van der Waals surface area contributed by atoms with E-state index in [-0.39, 0.29) is 0 Å². The Kier molecular flexibility index (Phi) is 4.82. The third-order valence-corrected chi connectivity index (χ3v) is 7.61. The summed E-state index contributed by atoms with van der Waals surface area (Å²) in [6.45, 7) is 0.